The van der Waals surface area contributed by atoms with Crippen molar-refractivity contribution in [3.63, 3.8) is 0 Å². The highest BCUT2D eigenvalue weighted by Crippen LogP contribution is 2.03. The minimum Gasteiger partial charge on any atom is -0.334 e. The number of alkyl halides is 1. The number of carbonyl (C=O) groups excluding carboxylic acids is 2. The quantitative estimate of drug-likeness (QED) is 0.294. The van der Waals surface area contributed by atoms with Crippen molar-refractivity contribution in [2.24, 2.45) is 11.7 Å². The first-order valence-electron chi connectivity index (χ1n) is 4.85. The predicted molar refractivity (Wildman–Crippen MR) is 67.2 cm³/mol. The molecule has 0 heterocycles. The summed E-state index contributed by atoms with van der Waals surface area (Å²) in [6.45, 7) is 5.15. The molecule has 0 aliphatic rings. The van der Waals surface area contributed by atoms with E-state index in [2.05, 4.69) is 10.6 Å². The molecule has 0 rings (SSSR count). The van der Waals surface area contributed by atoms with Crippen molar-refractivity contribution in [1.29, 1.82) is 0 Å². The van der Waals surface area contributed by atoms with Crippen LogP contribution < -0.4 is 16.4 Å². The Balaban J connectivity index is 4.28. The van der Waals surface area contributed by atoms with Gasteiger partial charge in [-0.25, -0.2) is 0 Å². The van der Waals surface area contributed by atoms with E-state index in [1.807, 2.05) is 36.4 Å². The lowest BCUT2D eigenvalue weighted by Crippen LogP contribution is -2.56. The Kier molecular flexibility index (Phi) is 6.82. The number of nitrogens with one attached hydrogen (secondary N) is 2. The molecule has 0 fully saturated rings. The van der Waals surface area contributed by atoms with Crippen molar-refractivity contribution in [3.8, 4) is 0 Å². The van der Waals surface area contributed by atoms with Gasteiger partial charge in [0.15, 0.2) is 0 Å². The van der Waals surface area contributed by atoms with Crippen molar-refractivity contribution < 1.29 is 9.59 Å². The minimum absolute atomic E-state index is 0.0728. The summed E-state index contributed by atoms with van der Waals surface area (Å²) in [5.41, 5.74) is 5.63. The number of carbonyl (C=O) groups is 2. The molecule has 0 aliphatic carbocycles. The molecule has 0 spiro atoms. The van der Waals surface area contributed by atoms with Gasteiger partial charge in [0.25, 0.3) is 0 Å². The lowest BCUT2D eigenvalue weighted by atomic mass is 10.1. The van der Waals surface area contributed by atoms with Crippen LogP contribution in [0, 0.1) is 5.92 Å². The van der Waals surface area contributed by atoms with Gasteiger partial charge >= 0.3 is 0 Å². The van der Waals surface area contributed by atoms with E-state index in [1.54, 1.807) is 0 Å². The maximum atomic E-state index is 11.5. The van der Waals surface area contributed by atoms with Gasteiger partial charge in [0.2, 0.25) is 11.8 Å². The highest BCUT2D eigenvalue weighted by atomic mass is 127. The molecule has 0 aliphatic heterocycles. The Morgan fingerprint density at radius 2 is 1.93 bits per heavy atom. The zero-order valence-electron chi connectivity index (χ0n) is 9.21. The average Bonchev–Trinajstić information content (AvgIpc) is 2.14. The molecule has 4 N–H and O–H groups in total. The largest absolute Gasteiger partial charge is 0.334 e. The number of hydrogen-bond acceptors (Lipinski definition) is 3. The molecule has 5 nitrogen and oxygen atoms in total. The van der Waals surface area contributed by atoms with Gasteiger partial charge in [0, 0.05) is 12.8 Å². The van der Waals surface area contributed by atoms with Crippen LogP contribution >= 0.6 is 22.6 Å². The van der Waals surface area contributed by atoms with Crippen LogP contribution in [0.25, 0.3) is 0 Å². The van der Waals surface area contributed by atoms with Crippen molar-refractivity contribution in [2.45, 2.75) is 37.4 Å². The van der Waals surface area contributed by atoms with Crippen LogP contribution in [0.2, 0.25) is 0 Å². The number of halogens is 1. The van der Waals surface area contributed by atoms with E-state index in [1.165, 1.54) is 6.92 Å². The van der Waals surface area contributed by atoms with E-state index in [-0.39, 0.29) is 21.8 Å². The molecule has 0 saturated carbocycles. The Morgan fingerprint density at radius 3 is 2.27 bits per heavy atom. The van der Waals surface area contributed by atoms with Crippen LogP contribution in [-0.4, -0.2) is 22.0 Å². The van der Waals surface area contributed by atoms with Crippen molar-refractivity contribution in [1.82, 2.24) is 10.6 Å². The summed E-state index contributed by atoms with van der Waals surface area (Å²) >= 11 is 1.96. The molecule has 0 bridgehead atoms. The molecule has 3 unspecified atom stereocenters. The van der Waals surface area contributed by atoms with Crippen LogP contribution in [0.4, 0.5) is 0 Å². The van der Waals surface area contributed by atoms with Crippen molar-refractivity contribution in [2.75, 3.05) is 0 Å². The van der Waals surface area contributed by atoms with Gasteiger partial charge in [-0.05, 0) is 6.42 Å². The molecule has 2 amide bonds. The maximum absolute atomic E-state index is 11.5. The van der Waals surface area contributed by atoms with E-state index in [0.29, 0.717) is 0 Å². The summed E-state index contributed by atoms with van der Waals surface area (Å²) in [6, 6.07) is 0. The van der Waals surface area contributed by atoms with Gasteiger partial charge in [-0.15, -0.1) is 0 Å². The maximum Gasteiger partial charge on any atom is 0.224 e. The molecule has 0 radical (unpaired) electrons. The summed E-state index contributed by atoms with van der Waals surface area (Å²) < 4.78 is -0.348. The summed E-state index contributed by atoms with van der Waals surface area (Å²) in [5, 5.41) is 5.28. The van der Waals surface area contributed by atoms with Crippen LogP contribution in [0.1, 0.15) is 27.2 Å². The summed E-state index contributed by atoms with van der Waals surface area (Å²) in [4.78, 5) is 22.4. The minimum atomic E-state index is -0.510. The zero-order chi connectivity index (χ0) is 12.0. The highest BCUT2D eigenvalue weighted by Gasteiger charge is 2.20. The lowest BCUT2D eigenvalue weighted by molar-refractivity contribution is -0.126. The zero-order valence-corrected chi connectivity index (χ0v) is 11.4. The standard InChI is InChI=1S/C9H18IN3O2/c1-4-5(2)9(15)13-8(7(10)11)12-6(3)14/h5,7-8H,4,11H2,1-3H3,(H,12,14)(H,13,15). The van der Waals surface area contributed by atoms with Crippen LogP contribution in [0.5, 0.6) is 0 Å². The molecule has 3 atom stereocenters. The molecule has 0 aromatic rings. The molecular weight excluding hydrogens is 309 g/mol. The lowest BCUT2D eigenvalue weighted by Gasteiger charge is -2.23. The first-order valence-corrected chi connectivity index (χ1v) is 6.10. The van der Waals surface area contributed by atoms with Crippen LogP contribution in [0.3, 0.4) is 0 Å². The third kappa shape index (κ3) is 5.93. The van der Waals surface area contributed by atoms with E-state index in [4.69, 9.17) is 5.73 Å². The number of amides is 2. The van der Waals surface area contributed by atoms with Gasteiger partial charge in [0.1, 0.15) is 6.17 Å². The topological polar surface area (TPSA) is 84.2 Å². The first kappa shape index (κ1) is 14.6. The van der Waals surface area contributed by atoms with Gasteiger partial charge in [-0.3, -0.25) is 9.59 Å². The molecule has 0 saturated heterocycles. The fourth-order valence-electron chi connectivity index (χ4n) is 0.895. The summed E-state index contributed by atoms with van der Waals surface area (Å²) in [6.07, 6.45) is 0.249. The van der Waals surface area contributed by atoms with E-state index < -0.39 is 6.17 Å². The summed E-state index contributed by atoms with van der Waals surface area (Å²) in [7, 11) is 0. The number of rotatable bonds is 5. The van der Waals surface area contributed by atoms with Crippen LogP contribution in [0.15, 0.2) is 0 Å². The molecule has 88 valence electrons. The van der Waals surface area contributed by atoms with Crippen molar-refractivity contribution >= 4 is 34.4 Å². The second kappa shape index (κ2) is 7.00. The van der Waals surface area contributed by atoms with Gasteiger partial charge in [0.05, 0.1) is 4.05 Å². The fourth-order valence-corrected chi connectivity index (χ4v) is 1.25. The van der Waals surface area contributed by atoms with E-state index >= 15 is 0 Å². The Labute approximate surface area is 104 Å². The second-order valence-electron chi connectivity index (χ2n) is 3.44. The van der Waals surface area contributed by atoms with Crippen molar-refractivity contribution in [3.05, 3.63) is 0 Å². The SMILES string of the molecule is CCC(C)C(=O)NC(NC(C)=O)C(N)I. The monoisotopic (exact) mass is 327 g/mol. The molecular formula is C9H18IN3O2. The Hall–Kier alpha value is -0.370. The second-order valence-corrected chi connectivity index (χ2v) is 4.88. The normalized spacial score (nSPS) is 16.3. The molecule has 0 aromatic carbocycles. The third-order valence-corrected chi connectivity index (χ3v) is 2.75. The van der Waals surface area contributed by atoms with Gasteiger partial charge in [-0.1, -0.05) is 36.4 Å². The molecule has 15 heavy (non-hydrogen) atoms. The first-order chi connectivity index (χ1) is 6.88. The smallest absolute Gasteiger partial charge is 0.224 e. The molecule has 0 aromatic heterocycles. The van der Waals surface area contributed by atoms with E-state index in [9.17, 15) is 9.59 Å². The average molecular weight is 327 g/mol. The molecule has 6 heteroatoms. The van der Waals surface area contributed by atoms with E-state index in [0.717, 1.165) is 6.42 Å². The van der Waals surface area contributed by atoms with Gasteiger partial charge < -0.3 is 16.4 Å². The summed E-state index contributed by atoms with van der Waals surface area (Å²) in [5.74, 6) is -0.378. The third-order valence-electron chi connectivity index (χ3n) is 2.03. The Morgan fingerprint density at radius 1 is 1.40 bits per heavy atom. The highest BCUT2D eigenvalue weighted by molar-refractivity contribution is 14.1. The fraction of sp³-hybridized carbons (Fsp3) is 0.778. The number of nitrogens with two attached hydrogens (primary N) is 1. The number of hydrogen-bond donors (Lipinski definition) is 3. The Bertz CT molecular complexity index is 233. The predicted octanol–water partition coefficient (Wildman–Crippen LogP) is 0.331. The van der Waals surface area contributed by atoms with Crippen LogP contribution in [-0.2, 0) is 9.59 Å². The van der Waals surface area contributed by atoms with Gasteiger partial charge in [-0.2, -0.15) is 0 Å².